The van der Waals surface area contributed by atoms with Crippen molar-refractivity contribution in [2.75, 3.05) is 33.2 Å². The summed E-state index contributed by atoms with van der Waals surface area (Å²) < 4.78 is 7.44. The van der Waals surface area contributed by atoms with Crippen LogP contribution in [0.1, 0.15) is 76.2 Å². The molecule has 37 heavy (non-hydrogen) atoms. The second-order valence-electron chi connectivity index (χ2n) is 12.8. The minimum atomic E-state index is -0.0737. The Hall–Kier alpha value is -2.01. The molecule has 0 amide bonds. The molecule has 4 heterocycles. The van der Waals surface area contributed by atoms with Gasteiger partial charge in [0.2, 0.25) is 0 Å². The Morgan fingerprint density at radius 1 is 0.973 bits per heavy atom. The van der Waals surface area contributed by atoms with E-state index in [2.05, 4.69) is 65.2 Å². The molecule has 5 atom stereocenters. The number of allylic oxidation sites excluding steroid dienone is 1. The lowest BCUT2D eigenvalue weighted by Crippen LogP contribution is -2.55. The maximum Gasteiger partial charge on any atom is 0.0966 e. The van der Waals surface area contributed by atoms with Crippen molar-refractivity contribution in [1.82, 2.24) is 14.8 Å². The molecular formula is C33H43N3O. The van der Waals surface area contributed by atoms with Crippen LogP contribution in [0.2, 0.25) is 0 Å². The highest BCUT2D eigenvalue weighted by atomic mass is 16.5. The number of pyridine rings is 1. The van der Waals surface area contributed by atoms with E-state index in [4.69, 9.17) is 4.74 Å². The van der Waals surface area contributed by atoms with Crippen molar-refractivity contribution in [1.29, 1.82) is 0 Å². The summed E-state index contributed by atoms with van der Waals surface area (Å²) >= 11 is 0. The molecule has 3 aliphatic heterocycles. The van der Waals surface area contributed by atoms with Crippen molar-refractivity contribution in [2.45, 2.75) is 87.9 Å². The Bertz CT molecular complexity index is 1230. The summed E-state index contributed by atoms with van der Waals surface area (Å²) in [5, 5.41) is 2.55. The topological polar surface area (TPSA) is 28.6 Å². The average molecular weight is 498 g/mol. The molecule has 1 aromatic heterocycles. The van der Waals surface area contributed by atoms with E-state index < -0.39 is 0 Å². The van der Waals surface area contributed by atoms with Gasteiger partial charge >= 0.3 is 0 Å². The molecule has 2 saturated heterocycles. The van der Waals surface area contributed by atoms with E-state index in [1.165, 1.54) is 99.5 Å². The van der Waals surface area contributed by atoms with Crippen LogP contribution >= 0.6 is 0 Å². The fourth-order valence-corrected chi connectivity index (χ4v) is 8.41. The molecule has 5 aliphatic rings. The number of likely N-dealkylation sites (N-methyl/N-ethyl adjacent to an activating group) is 1. The first-order valence-electron chi connectivity index (χ1n) is 14.9. The van der Waals surface area contributed by atoms with Crippen LogP contribution in [-0.4, -0.2) is 65.3 Å². The molecule has 2 aliphatic carbocycles. The van der Waals surface area contributed by atoms with Gasteiger partial charge in [-0.05, 0) is 111 Å². The summed E-state index contributed by atoms with van der Waals surface area (Å²) in [6, 6.07) is 9.85. The monoisotopic (exact) mass is 497 g/mol. The number of nitrogens with zero attached hydrogens (tertiary/aromatic N) is 3. The number of piperazine rings is 1. The standard InChI is InChI=1S/C33H43N3O/c1-24-6-7-25(27-9-8-26-12-15-34-23-28(26)20-27)4-3-5-30-21-29-10-11-31(36-18-16-35(2)17-19-36)22-32(29)13-14-33(24,30)37-32/h5,8-9,12,15,20-21,23-25,31H,3-4,6-7,10-11,13-14,16-19,22H2,1-2H3/b30-5-/t24-,25+,31+,32+,33-/m0/s1. The first-order valence-corrected chi connectivity index (χ1v) is 14.9. The Kier molecular flexibility index (Phi) is 6.06. The predicted molar refractivity (Wildman–Crippen MR) is 151 cm³/mol. The van der Waals surface area contributed by atoms with Gasteiger partial charge in [0.05, 0.1) is 11.2 Å². The quantitative estimate of drug-likeness (QED) is 0.475. The summed E-state index contributed by atoms with van der Waals surface area (Å²) in [5.74, 6) is 1.15. The first-order chi connectivity index (χ1) is 18.0. The third-order valence-corrected chi connectivity index (χ3v) is 10.8. The SMILES string of the molecule is C[C@H]1CC[C@H](c2ccc3ccncc3c2)CC/C=C2/C=C3CC[C@@H](N4CCN(C)CC4)C[C@]34CC[C@@]21O4. The summed E-state index contributed by atoms with van der Waals surface area (Å²) in [7, 11) is 2.26. The van der Waals surface area contributed by atoms with Gasteiger partial charge in [0.25, 0.3) is 0 Å². The maximum absolute atomic E-state index is 7.44. The van der Waals surface area contributed by atoms with E-state index in [1.807, 2.05) is 12.4 Å². The average Bonchev–Trinajstić information content (AvgIpc) is 3.27. The second kappa shape index (κ2) is 9.32. The van der Waals surface area contributed by atoms with E-state index in [0.717, 1.165) is 6.42 Å². The van der Waals surface area contributed by atoms with Crippen molar-refractivity contribution in [3.63, 3.8) is 0 Å². The Labute approximate surface area is 222 Å². The fraction of sp³-hybridized carbons (Fsp3) is 0.606. The van der Waals surface area contributed by atoms with E-state index in [0.29, 0.717) is 17.9 Å². The fourth-order valence-electron chi connectivity index (χ4n) is 8.41. The van der Waals surface area contributed by atoms with Gasteiger partial charge in [-0.1, -0.05) is 31.2 Å². The zero-order valence-corrected chi connectivity index (χ0v) is 22.8. The van der Waals surface area contributed by atoms with Crippen molar-refractivity contribution in [3.05, 3.63) is 65.5 Å². The van der Waals surface area contributed by atoms with Crippen molar-refractivity contribution >= 4 is 10.8 Å². The number of benzene rings is 1. The minimum Gasteiger partial charge on any atom is -0.359 e. The number of hydrogen-bond donors (Lipinski definition) is 0. The normalized spacial score (nSPS) is 38.5. The number of rotatable bonds is 2. The summed E-state index contributed by atoms with van der Waals surface area (Å²) in [6.07, 6.45) is 20.1. The van der Waals surface area contributed by atoms with Gasteiger partial charge in [-0.3, -0.25) is 9.88 Å². The third kappa shape index (κ3) is 4.11. The molecule has 0 radical (unpaired) electrons. The Balaban J connectivity index is 1.13. The van der Waals surface area contributed by atoms with Crippen LogP contribution in [0.25, 0.3) is 10.8 Å². The maximum atomic E-state index is 7.44. The summed E-state index contributed by atoms with van der Waals surface area (Å²) in [5.41, 5.74) is 4.54. The number of ether oxygens (including phenoxy) is 1. The number of aromatic nitrogens is 1. The lowest BCUT2D eigenvalue weighted by molar-refractivity contribution is -0.118. The van der Waals surface area contributed by atoms with Gasteiger partial charge in [0, 0.05) is 50.0 Å². The molecular weight excluding hydrogens is 454 g/mol. The molecule has 196 valence electrons. The van der Waals surface area contributed by atoms with Crippen molar-refractivity contribution in [3.8, 4) is 0 Å². The molecule has 2 aromatic rings. The highest BCUT2D eigenvalue weighted by Crippen LogP contribution is 2.59. The highest BCUT2D eigenvalue weighted by Gasteiger charge is 2.59. The molecule has 2 bridgehead atoms. The molecule has 0 N–H and O–H groups in total. The van der Waals surface area contributed by atoms with E-state index in [9.17, 15) is 0 Å². The van der Waals surface area contributed by atoms with Crippen molar-refractivity contribution in [2.24, 2.45) is 5.92 Å². The highest BCUT2D eigenvalue weighted by molar-refractivity contribution is 5.82. The number of fused-ring (bicyclic) bond motifs is 1. The smallest absolute Gasteiger partial charge is 0.0966 e. The largest absolute Gasteiger partial charge is 0.359 e. The molecule has 4 nitrogen and oxygen atoms in total. The van der Waals surface area contributed by atoms with Crippen LogP contribution < -0.4 is 0 Å². The van der Waals surface area contributed by atoms with Crippen molar-refractivity contribution < 1.29 is 4.74 Å². The van der Waals surface area contributed by atoms with Gasteiger partial charge in [-0.15, -0.1) is 0 Å². The first kappa shape index (κ1) is 24.1. The lowest BCUT2D eigenvalue weighted by atomic mass is 9.73. The molecule has 0 unspecified atom stereocenters. The van der Waals surface area contributed by atoms with Crippen LogP contribution in [0, 0.1) is 5.92 Å². The molecule has 1 saturated carbocycles. The van der Waals surface area contributed by atoms with Gasteiger partial charge in [-0.2, -0.15) is 0 Å². The zero-order valence-electron chi connectivity index (χ0n) is 22.8. The van der Waals surface area contributed by atoms with Crippen LogP contribution in [0.5, 0.6) is 0 Å². The van der Waals surface area contributed by atoms with Crippen LogP contribution in [0.15, 0.2) is 60.0 Å². The van der Waals surface area contributed by atoms with Gasteiger partial charge in [-0.25, -0.2) is 0 Å². The Morgan fingerprint density at radius 2 is 1.86 bits per heavy atom. The van der Waals surface area contributed by atoms with Gasteiger partial charge in [0.1, 0.15) is 0 Å². The van der Waals surface area contributed by atoms with E-state index in [1.54, 1.807) is 5.57 Å². The third-order valence-electron chi connectivity index (χ3n) is 10.8. The zero-order chi connectivity index (χ0) is 25.0. The summed E-state index contributed by atoms with van der Waals surface area (Å²) in [4.78, 5) is 9.62. The summed E-state index contributed by atoms with van der Waals surface area (Å²) in [6.45, 7) is 7.33. The Morgan fingerprint density at radius 3 is 2.76 bits per heavy atom. The molecule has 4 heteroatoms. The second-order valence-corrected chi connectivity index (χ2v) is 12.8. The minimum absolute atomic E-state index is 0.00331. The molecule has 7 rings (SSSR count). The van der Waals surface area contributed by atoms with Crippen LogP contribution in [0.4, 0.5) is 0 Å². The van der Waals surface area contributed by atoms with Gasteiger partial charge < -0.3 is 9.64 Å². The van der Waals surface area contributed by atoms with E-state index in [-0.39, 0.29) is 11.2 Å². The molecule has 2 spiro atoms. The number of hydrogen-bond acceptors (Lipinski definition) is 4. The van der Waals surface area contributed by atoms with Crippen LogP contribution in [-0.2, 0) is 4.74 Å². The predicted octanol–water partition coefficient (Wildman–Crippen LogP) is 6.48. The van der Waals surface area contributed by atoms with Crippen LogP contribution in [0.3, 0.4) is 0 Å². The molecule has 3 fully saturated rings. The van der Waals surface area contributed by atoms with E-state index >= 15 is 0 Å². The molecule has 1 aromatic carbocycles. The lowest BCUT2D eigenvalue weighted by Gasteiger charge is -2.50. The van der Waals surface area contributed by atoms with Gasteiger partial charge in [0.15, 0.2) is 0 Å².